The summed E-state index contributed by atoms with van der Waals surface area (Å²) in [6, 6.07) is 0. The fraction of sp³-hybridized carbons (Fsp3) is 0.714. The van der Waals surface area contributed by atoms with Crippen LogP contribution in [0.1, 0.15) is 12.8 Å². The van der Waals surface area contributed by atoms with Crippen molar-refractivity contribution < 1.29 is 10.0 Å². The molecule has 5 heteroatoms. The second kappa shape index (κ2) is 3.42. The number of hydrogen-bond donors (Lipinski definition) is 2. The number of rotatable bonds is 3. The number of amides is 1. The molecule has 1 aliphatic rings. The number of oxime groups is 1. The van der Waals surface area contributed by atoms with E-state index in [0.717, 1.165) is 12.8 Å². The van der Waals surface area contributed by atoms with Crippen molar-refractivity contribution in [3.05, 3.63) is 0 Å². The van der Waals surface area contributed by atoms with Gasteiger partial charge in [-0.1, -0.05) is 5.16 Å². The number of amidine groups is 1. The molecule has 0 heterocycles. The first-order chi connectivity index (χ1) is 5.65. The second-order valence-electron chi connectivity index (χ2n) is 3.06. The summed E-state index contributed by atoms with van der Waals surface area (Å²) < 4.78 is 0. The molecule has 0 radical (unpaired) electrons. The molecule has 12 heavy (non-hydrogen) atoms. The normalized spacial score (nSPS) is 17.6. The van der Waals surface area contributed by atoms with Crippen LogP contribution in [0.5, 0.6) is 0 Å². The van der Waals surface area contributed by atoms with Crippen molar-refractivity contribution in [3.8, 4) is 0 Å². The van der Waals surface area contributed by atoms with E-state index < -0.39 is 0 Å². The van der Waals surface area contributed by atoms with Gasteiger partial charge in [-0.2, -0.15) is 0 Å². The van der Waals surface area contributed by atoms with Gasteiger partial charge < -0.3 is 15.8 Å². The molecule has 0 spiro atoms. The van der Waals surface area contributed by atoms with E-state index >= 15 is 0 Å². The zero-order valence-corrected chi connectivity index (χ0v) is 7.03. The molecule has 0 aromatic carbocycles. The molecule has 0 bridgehead atoms. The first kappa shape index (κ1) is 8.83. The Morgan fingerprint density at radius 2 is 2.33 bits per heavy atom. The van der Waals surface area contributed by atoms with E-state index in [1.54, 1.807) is 7.05 Å². The molecule has 1 saturated carbocycles. The van der Waals surface area contributed by atoms with E-state index in [1.165, 1.54) is 4.90 Å². The molecule has 0 saturated heterocycles. The fourth-order valence-corrected chi connectivity index (χ4v) is 0.994. The minimum absolute atomic E-state index is 0.0616. The Labute approximate surface area is 70.8 Å². The van der Waals surface area contributed by atoms with Crippen LogP contribution in [0.4, 0.5) is 0 Å². The van der Waals surface area contributed by atoms with Crippen molar-refractivity contribution in [1.82, 2.24) is 4.90 Å². The molecular weight excluding hydrogens is 158 g/mol. The van der Waals surface area contributed by atoms with E-state index in [0.29, 0.717) is 0 Å². The maximum atomic E-state index is 11.3. The van der Waals surface area contributed by atoms with Crippen molar-refractivity contribution in [2.45, 2.75) is 12.8 Å². The second-order valence-corrected chi connectivity index (χ2v) is 3.06. The largest absolute Gasteiger partial charge is 0.409 e. The Morgan fingerprint density at radius 3 is 2.75 bits per heavy atom. The molecule has 1 fully saturated rings. The lowest BCUT2D eigenvalue weighted by molar-refractivity contribution is -0.130. The van der Waals surface area contributed by atoms with Crippen molar-refractivity contribution >= 4 is 11.7 Å². The highest BCUT2D eigenvalue weighted by molar-refractivity contribution is 5.88. The Balaban J connectivity index is 2.36. The van der Waals surface area contributed by atoms with Gasteiger partial charge in [0.05, 0.1) is 6.54 Å². The third-order valence-corrected chi connectivity index (χ3v) is 1.83. The Hall–Kier alpha value is -1.26. The van der Waals surface area contributed by atoms with Gasteiger partial charge in [0.25, 0.3) is 0 Å². The van der Waals surface area contributed by atoms with E-state index in [2.05, 4.69) is 5.16 Å². The summed E-state index contributed by atoms with van der Waals surface area (Å²) in [6.07, 6.45) is 1.94. The van der Waals surface area contributed by atoms with Crippen LogP contribution in [0.3, 0.4) is 0 Å². The number of nitrogens with two attached hydrogens (primary N) is 1. The summed E-state index contributed by atoms with van der Waals surface area (Å²) in [7, 11) is 1.65. The molecule has 0 unspecified atom stereocenters. The standard InChI is InChI=1S/C7H13N3O2/c1-10(4-6(8)9-12)7(11)5-2-3-5/h5,12H,2-4H2,1H3,(H2,8,9). The van der Waals surface area contributed by atoms with Crippen molar-refractivity contribution in [1.29, 1.82) is 0 Å². The molecule has 5 nitrogen and oxygen atoms in total. The Bertz CT molecular complexity index is 211. The first-order valence-corrected chi connectivity index (χ1v) is 3.86. The zero-order chi connectivity index (χ0) is 9.14. The number of carbonyl (C=O) groups is 1. The molecule has 0 aliphatic heterocycles. The van der Waals surface area contributed by atoms with E-state index in [1.807, 2.05) is 0 Å². The van der Waals surface area contributed by atoms with Gasteiger partial charge >= 0.3 is 0 Å². The van der Waals surface area contributed by atoms with Gasteiger partial charge in [0.2, 0.25) is 5.91 Å². The molecule has 1 amide bonds. The maximum Gasteiger partial charge on any atom is 0.225 e. The predicted octanol–water partition coefficient (Wildman–Crippen LogP) is -0.399. The molecule has 0 aromatic rings. The number of carbonyl (C=O) groups excluding carboxylic acids is 1. The van der Waals surface area contributed by atoms with Crippen LogP contribution >= 0.6 is 0 Å². The van der Waals surface area contributed by atoms with Crippen LogP contribution < -0.4 is 5.73 Å². The molecule has 1 rings (SSSR count). The number of hydrogen-bond acceptors (Lipinski definition) is 3. The summed E-state index contributed by atoms with van der Waals surface area (Å²) in [5.41, 5.74) is 5.24. The highest BCUT2D eigenvalue weighted by Crippen LogP contribution is 2.30. The molecule has 0 aromatic heterocycles. The quantitative estimate of drug-likeness (QED) is 0.262. The van der Waals surface area contributed by atoms with Gasteiger partial charge in [0.15, 0.2) is 5.84 Å². The smallest absolute Gasteiger partial charge is 0.225 e. The van der Waals surface area contributed by atoms with Gasteiger partial charge in [-0.05, 0) is 12.8 Å². The summed E-state index contributed by atoms with van der Waals surface area (Å²) in [5.74, 6) is 0.328. The SMILES string of the molecule is CN(CC(N)=NO)C(=O)C1CC1. The van der Waals surface area contributed by atoms with E-state index in [4.69, 9.17) is 10.9 Å². The third kappa shape index (κ3) is 2.11. The van der Waals surface area contributed by atoms with Gasteiger partial charge in [0, 0.05) is 13.0 Å². The lowest BCUT2D eigenvalue weighted by atomic mass is 10.3. The highest BCUT2D eigenvalue weighted by Gasteiger charge is 2.32. The zero-order valence-electron chi connectivity index (χ0n) is 7.03. The van der Waals surface area contributed by atoms with Crippen LogP contribution in [0.2, 0.25) is 0 Å². The van der Waals surface area contributed by atoms with Crippen LogP contribution in [0.25, 0.3) is 0 Å². The lowest BCUT2D eigenvalue weighted by Gasteiger charge is -2.15. The van der Waals surface area contributed by atoms with Crippen molar-refractivity contribution in [3.63, 3.8) is 0 Å². The van der Waals surface area contributed by atoms with Gasteiger partial charge in [-0.3, -0.25) is 4.79 Å². The summed E-state index contributed by atoms with van der Waals surface area (Å²) in [6.45, 7) is 0.200. The predicted molar refractivity (Wildman–Crippen MR) is 43.8 cm³/mol. The Morgan fingerprint density at radius 1 is 1.75 bits per heavy atom. The third-order valence-electron chi connectivity index (χ3n) is 1.83. The molecule has 68 valence electrons. The van der Waals surface area contributed by atoms with Crippen LogP contribution in [0, 0.1) is 5.92 Å². The average Bonchev–Trinajstić information content (AvgIpc) is 2.85. The Kier molecular flexibility index (Phi) is 2.52. The van der Waals surface area contributed by atoms with Crippen molar-refractivity contribution in [2.75, 3.05) is 13.6 Å². The molecule has 0 atom stereocenters. The number of nitrogens with zero attached hydrogens (tertiary/aromatic N) is 2. The van der Waals surface area contributed by atoms with Gasteiger partial charge in [0.1, 0.15) is 0 Å². The molecule has 3 N–H and O–H groups in total. The topological polar surface area (TPSA) is 78.9 Å². The van der Waals surface area contributed by atoms with Gasteiger partial charge in [-0.15, -0.1) is 0 Å². The van der Waals surface area contributed by atoms with E-state index in [9.17, 15) is 4.79 Å². The minimum Gasteiger partial charge on any atom is -0.409 e. The first-order valence-electron chi connectivity index (χ1n) is 3.86. The average molecular weight is 171 g/mol. The summed E-state index contributed by atoms with van der Waals surface area (Å²) >= 11 is 0. The lowest BCUT2D eigenvalue weighted by Crippen LogP contribution is -2.36. The van der Waals surface area contributed by atoms with Crippen LogP contribution in [-0.4, -0.2) is 35.4 Å². The summed E-state index contributed by atoms with van der Waals surface area (Å²) in [5, 5.41) is 11.0. The highest BCUT2D eigenvalue weighted by atomic mass is 16.4. The van der Waals surface area contributed by atoms with E-state index in [-0.39, 0.29) is 24.2 Å². The van der Waals surface area contributed by atoms with Gasteiger partial charge in [-0.25, -0.2) is 0 Å². The molecule has 1 aliphatic carbocycles. The van der Waals surface area contributed by atoms with Crippen LogP contribution in [-0.2, 0) is 4.79 Å². The number of likely N-dealkylation sites (N-methyl/N-ethyl adjacent to an activating group) is 1. The fourth-order valence-electron chi connectivity index (χ4n) is 0.994. The molecular formula is C7H13N3O2. The monoisotopic (exact) mass is 171 g/mol. The minimum atomic E-state index is 0.0616. The van der Waals surface area contributed by atoms with Crippen LogP contribution in [0.15, 0.2) is 5.16 Å². The summed E-state index contributed by atoms with van der Waals surface area (Å²) in [4.78, 5) is 12.8. The maximum absolute atomic E-state index is 11.3. The van der Waals surface area contributed by atoms with Crippen molar-refractivity contribution in [2.24, 2.45) is 16.8 Å².